The molecule has 0 atom stereocenters. The summed E-state index contributed by atoms with van der Waals surface area (Å²) < 4.78 is 7.10. The first-order valence-corrected chi connectivity index (χ1v) is 8.94. The maximum absolute atomic E-state index is 12.6. The van der Waals surface area contributed by atoms with Gasteiger partial charge in [-0.3, -0.25) is 4.79 Å². The van der Waals surface area contributed by atoms with Crippen LogP contribution >= 0.6 is 0 Å². The Balaban J connectivity index is 1.64. The van der Waals surface area contributed by atoms with E-state index in [0.29, 0.717) is 45.6 Å². The van der Waals surface area contributed by atoms with E-state index in [2.05, 4.69) is 15.3 Å². The number of hydrogen-bond acceptors (Lipinski definition) is 6. The van der Waals surface area contributed by atoms with Gasteiger partial charge >= 0.3 is 0 Å². The summed E-state index contributed by atoms with van der Waals surface area (Å²) in [5, 5.41) is 3.27. The normalized spacial score (nSPS) is 14.0. The highest BCUT2D eigenvalue weighted by atomic mass is 16.5. The topological polar surface area (TPSA) is 98.3 Å². The van der Waals surface area contributed by atoms with Crippen LogP contribution in [0.3, 0.4) is 0 Å². The lowest BCUT2D eigenvalue weighted by Crippen LogP contribution is -2.33. The Hall–Kier alpha value is -2.61. The van der Waals surface area contributed by atoms with Crippen molar-refractivity contribution in [1.29, 1.82) is 0 Å². The number of carbonyl (C=O) groups is 1. The number of amides is 1. The fourth-order valence-corrected chi connectivity index (χ4v) is 3.19. The third-order valence-electron chi connectivity index (χ3n) is 4.56. The fraction of sp³-hybridized carbons (Fsp3) is 0.500. The van der Waals surface area contributed by atoms with Gasteiger partial charge in [0.15, 0.2) is 0 Å². The maximum atomic E-state index is 12.6. The highest BCUT2D eigenvalue weighted by Gasteiger charge is 2.22. The molecule has 3 rings (SSSR count). The molecule has 2 aromatic rings. The maximum Gasteiger partial charge on any atom is 0.224 e. The number of rotatable bonds is 7. The van der Waals surface area contributed by atoms with Crippen molar-refractivity contribution < 1.29 is 9.53 Å². The van der Waals surface area contributed by atoms with Crippen LogP contribution in [-0.2, 0) is 28.9 Å². The minimum absolute atomic E-state index is 0.168. The first-order valence-electron chi connectivity index (χ1n) is 8.94. The molecule has 3 heterocycles. The molecule has 26 heavy (non-hydrogen) atoms. The van der Waals surface area contributed by atoms with Crippen molar-refractivity contribution in [3.05, 3.63) is 35.8 Å². The molecule has 1 amide bonds. The van der Waals surface area contributed by atoms with Gasteiger partial charge in [-0.2, -0.15) is 4.98 Å². The molecule has 3 N–H and O–H groups in total. The second-order valence-corrected chi connectivity index (χ2v) is 6.33. The Bertz CT molecular complexity index is 732. The number of nitrogens with zero attached hydrogens (tertiary/aromatic N) is 4. The van der Waals surface area contributed by atoms with Gasteiger partial charge in [0.2, 0.25) is 11.9 Å². The fourth-order valence-electron chi connectivity index (χ4n) is 3.19. The number of hydrogen-bond donors (Lipinski definition) is 2. The van der Waals surface area contributed by atoms with Crippen molar-refractivity contribution in [2.45, 2.75) is 25.8 Å². The summed E-state index contributed by atoms with van der Waals surface area (Å²) in [6.45, 7) is 3.27. The summed E-state index contributed by atoms with van der Waals surface area (Å²) in [6.07, 6.45) is 5.86. The van der Waals surface area contributed by atoms with E-state index in [0.717, 1.165) is 23.5 Å². The minimum Gasteiger partial charge on any atom is -0.383 e. The van der Waals surface area contributed by atoms with Crippen LogP contribution in [0, 0.1) is 0 Å². The van der Waals surface area contributed by atoms with Crippen LogP contribution in [0.15, 0.2) is 24.5 Å². The first-order chi connectivity index (χ1) is 12.7. The van der Waals surface area contributed by atoms with Crippen LogP contribution in [0.5, 0.6) is 0 Å². The lowest BCUT2D eigenvalue weighted by molar-refractivity contribution is -0.131. The molecule has 1 aliphatic rings. The number of fused-ring (bicyclic) bond motifs is 1. The molecule has 0 unspecified atom stereocenters. The Labute approximate surface area is 153 Å². The van der Waals surface area contributed by atoms with Gasteiger partial charge < -0.3 is 25.3 Å². The molecule has 8 nitrogen and oxygen atoms in total. The molecular weight excluding hydrogens is 332 g/mol. The van der Waals surface area contributed by atoms with Gasteiger partial charge in [0.05, 0.1) is 12.3 Å². The molecule has 1 aliphatic heterocycles. The number of methoxy groups -OCH3 is 1. The standard InChI is InChI=1S/C18H26N6O2/c1-26-13-7-20-17-14-4-11-24(12-5-15(14)21-18(19)22-17)16(25)6-10-23-8-2-3-9-23/h2-3,8-9H,4-7,10-13H2,1H3,(H3,19,20,21,22). The summed E-state index contributed by atoms with van der Waals surface area (Å²) >= 11 is 0. The van der Waals surface area contributed by atoms with Gasteiger partial charge in [-0.05, 0) is 18.6 Å². The van der Waals surface area contributed by atoms with Gasteiger partial charge in [-0.25, -0.2) is 4.98 Å². The van der Waals surface area contributed by atoms with E-state index in [4.69, 9.17) is 10.5 Å². The average molecular weight is 358 g/mol. The zero-order valence-corrected chi connectivity index (χ0v) is 15.1. The summed E-state index contributed by atoms with van der Waals surface area (Å²) in [7, 11) is 1.66. The minimum atomic E-state index is 0.168. The number of carbonyl (C=O) groups excluding carboxylic acids is 1. The number of aryl methyl sites for hydroxylation is 1. The summed E-state index contributed by atoms with van der Waals surface area (Å²) in [5.41, 5.74) is 7.84. The second kappa shape index (κ2) is 8.66. The molecule has 0 saturated heterocycles. The smallest absolute Gasteiger partial charge is 0.224 e. The van der Waals surface area contributed by atoms with E-state index in [1.807, 2.05) is 34.0 Å². The number of nitrogens with one attached hydrogen (secondary N) is 1. The molecule has 0 aromatic carbocycles. The van der Waals surface area contributed by atoms with E-state index in [9.17, 15) is 4.79 Å². The lowest BCUT2D eigenvalue weighted by atomic mass is 10.1. The number of aromatic nitrogens is 3. The van der Waals surface area contributed by atoms with Crippen molar-refractivity contribution in [2.75, 3.05) is 44.4 Å². The molecule has 0 fully saturated rings. The van der Waals surface area contributed by atoms with Crippen LogP contribution in [0.2, 0.25) is 0 Å². The number of nitrogens with two attached hydrogens (primary N) is 1. The molecule has 0 bridgehead atoms. The van der Waals surface area contributed by atoms with Crippen LogP contribution < -0.4 is 11.1 Å². The summed E-state index contributed by atoms with van der Waals surface area (Å²) in [4.78, 5) is 23.2. The molecule has 0 aliphatic carbocycles. The van der Waals surface area contributed by atoms with Crippen LogP contribution in [-0.4, -0.2) is 58.7 Å². The zero-order valence-electron chi connectivity index (χ0n) is 15.1. The molecule has 140 valence electrons. The Kier molecular flexibility index (Phi) is 6.06. The Morgan fingerprint density at radius 1 is 1.27 bits per heavy atom. The summed E-state index contributed by atoms with van der Waals surface area (Å²) in [5.74, 6) is 1.18. The quantitative estimate of drug-likeness (QED) is 0.715. The zero-order chi connectivity index (χ0) is 18.4. The van der Waals surface area contributed by atoms with E-state index >= 15 is 0 Å². The van der Waals surface area contributed by atoms with Gasteiger partial charge in [0.25, 0.3) is 0 Å². The number of anilines is 2. The molecular formula is C18H26N6O2. The van der Waals surface area contributed by atoms with Crippen LogP contribution in [0.1, 0.15) is 17.7 Å². The largest absolute Gasteiger partial charge is 0.383 e. The molecule has 0 radical (unpaired) electrons. The van der Waals surface area contributed by atoms with Crippen LogP contribution in [0.25, 0.3) is 0 Å². The predicted octanol–water partition coefficient (Wildman–Crippen LogP) is 0.936. The van der Waals surface area contributed by atoms with Crippen LogP contribution in [0.4, 0.5) is 11.8 Å². The van der Waals surface area contributed by atoms with Crippen molar-refractivity contribution >= 4 is 17.7 Å². The van der Waals surface area contributed by atoms with Crippen molar-refractivity contribution in [1.82, 2.24) is 19.4 Å². The van der Waals surface area contributed by atoms with E-state index in [1.165, 1.54) is 0 Å². The van der Waals surface area contributed by atoms with E-state index in [-0.39, 0.29) is 11.9 Å². The van der Waals surface area contributed by atoms with Gasteiger partial charge in [0.1, 0.15) is 5.82 Å². The monoisotopic (exact) mass is 358 g/mol. The molecule has 8 heteroatoms. The highest BCUT2D eigenvalue weighted by Crippen LogP contribution is 2.22. The third kappa shape index (κ3) is 4.51. The van der Waals surface area contributed by atoms with E-state index in [1.54, 1.807) is 7.11 Å². The molecule has 2 aromatic heterocycles. The average Bonchev–Trinajstić information content (AvgIpc) is 3.06. The number of ether oxygens (including phenoxy) is 1. The second-order valence-electron chi connectivity index (χ2n) is 6.33. The first kappa shape index (κ1) is 18.2. The van der Waals surface area contributed by atoms with Crippen molar-refractivity contribution in [3.8, 4) is 0 Å². The Morgan fingerprint density at radius 2 is 2.04 bits per heavy atom. The third-order valence-corrected chi connectivity index (χ3v) is 4.56. The van der Waals surface area contributed by atoms with Crippen molar-refractivity contribution in [2.24, 2.45) is 0 Å². The SMILES string of the molecule is COCCNc1nc(N)nc2c1CCN(C(=O)CCn1cccc1)CC2. The highest BCUT2D eigenvalue weighted by molar-refractivity contribution is 5.76. The summed E-state index contributed by atoms with van der Waals surface area (Å²) in [6, 6.07) is 3.93. The van der Waals surface area contributed by atoms with Gasteiger partial charge in [0, 0.05) is 64.1 Å². The predicted molar refractivity (Wildman–Crippen MR) is 99.8 cm³/mol. The lowest BCUT2D eigenvalue weighted by Gasteiger charge is -2.20. The van der Waals surface area contributed by atoms with E-state index < -0.39 is 0 Å². The van der Waals surface area contributed by atoms with Gasteiger partial charge in [-0.1, -0.05) is 0 Å². The number of nitrogen functional groups attached to an aromatic ring is 1. The molecule has 0 spiro atoms. The Morgan fingerprint density at radius 3 is 2.81 bits per heavy atom. The van der Waals surface area contributed by atoms with Gasteiger partial charge in [-0.15, -0.1) is 0 Å². The van der Waals surface area contributed by atoms with Crippen molar-refractivity contribution in [3.63, 3.8) is 0 Å². The molecule has 0 saturated carbocycles.